The summed E-state index contributed by atoms with van der Waals surface area (Å²) in [7, 11) is 0. The SMILES string of the molecule is CC1(C)c2ccc(-c3ccc(-c4nc(-c5ccncc5)nc(-c5ccc(-c6ccccc6)cc5)n4)cc3)cc2-c2c1ccc1ccccc21. The van der Waals surface area contributed by atoms with Gasteiger partial charge in [-0.2, -0.15) is 0 Å². The molecule has 0 bridgehead atoms. The first kappa shape index (κ1) is 28.9. The van der Waals surface area contributed by atoms with E-state index < -0.39 is 0 Å². The topological polar surface area (TPSA) is 51.6 Å². The molecule has 0 N–H and O–H groups in total. The van der Waals surface area contributed by atoms with Gasteiger partial charge in [0.1, 0.15) is 0 Å². The predicted molar refractivity (Wildman–Crippen MR) is 200 cm³/mol. The van der Waals surface area contributed by atoms with Gasteiger partial charge < -0.3 is 0 Å². The van der Waals surface area contributed by atoms with Crippen molar-refractivity contribution in [2.75, 3.05) is 0 Å². The lowest BCUT2D eigenvalue weighted by molar-refractivity contribution is 0.661. The van der Waals surface area contributed by atoms with Crippen LogP contribution in [0.15, 0.2) is 158 Å². The summed E-state index contributed by atoms with van der Waals surface area (Å²) in [5.41, 5.74) is 12.8. The highest BCUT2D eigenvalue weighted by molar-refractivity contribution is 6.03. The monoisotopic (exact) mass is 628 g/mol. The van der Waals surface area contributed by atoms with Crippen molar-refractivity contribution in [3.8, 4) is 67.5 Å². The molecule has 0 saturated heterocycles. The van der Waals surface area contributed by atoms with Gasteiger partial charge in [-0.15, -0.1) is 0 Å². The van der Waals surface area contributed by atoms with E-state index in [-0.39, 0.29) is 5.41 Å². The smallest absolute Gasteiger partial charge is 0.164 e. The maximum atomic E-state index is 4.98. The molecule has 0 spiro atoms. The summed E-state index contributed by atoms with van der Waals surface area (Å²) >= 11 is 0. The molecule has 0 fully saturated rings. The van der Waals surface area contributed by atoms with Crippen LogP contribution >= 0.6 is 0 Å². The Morgan fingerprint density at radius 1 is 0.408 bits per heavy atom. The van der Waals surface area contributed by atoms with Crippen LogP contribution in [0.1, 0.15) is 25.0 Å². The Hall–Kier alpha value is -6.26. The lowest BCUT2D eigenvalue weighted by Gasteiger charge is -2.21. The Bertz CT molecular complexity index is 2490. The van der Waals surface area contributed by atoms with Gasteiger partial charge in [0.25, 0.3) is 0 Å². The van der Waals surface area contributed by atoms with Gasteiger partial charge in [0.2, 0.25) is 0 Å². The molecule has 0 aliphatic heterocycles. The Balaban J connectivity index is 1.10. The summed E-state index contributed by atoms with van der Waals surface area (Å²) < 4.78 is 0. The second-order valence-corrected chi connectivity index (χ2v) is 13.2. The van der Waals surface area contributed by atoms with Gasteiger partial charge in [-0.05, 0) is 73.5 Å². The molecule has 1 aliphatic carbocycles. The number of benzene rings is 6. The van der Waals surface area contributed by atoms with Gasteiger partial charge in [-0.25, -0.2) is 15.0 Å². The normalized spacial score (nSPS) is 12.9. The molecule has 2 aromatic heterocycles. The summed E-state index contributed by atoms with van der Waals surface area (Å²) in [6, 6.07) is 51.4. The highest BCUT2D eigenvalue weighted by atomic mass is 15.0. The first-order valence-corrected chi connectivity index (χ1v) is 16.6. The first-order chi connectivity index (χ1) is 24.0. The maximum absolute atomic E-state index is 4.98. The van der Waals surface area contributed by atoms with Crippen molar-refractivity contribution in [2.24, 2.45) is 0 Å². The molecule has 2 heterocycles. The van der Waals surface area contributed by atoms with Gasteiger partial charge in [0.15, 0.2) is 17.5 Å². The van der Waals surface area contributed by atoms with Crippen LogP contribution in [-0.2, 0) is 5.41 Å². The van der Waals surface area contributed by atoms with Crippen LogP contribution in [0.4, 0.5) is 0 Å². The lowest BCUT2D eigenvalue weighted by Crippen LogP contribution is -2.14. The van der Waals surface area contributed by atoms with Crippen molar-refractivity contribution in [1.29, 1.82) is 0 Å². The van der Waals surface area contributed by atoms with Gasteiger partial charge >= 0.3 is 0 Å². The standard InChI is InChI=1S/C45H32N4/c1-45(2)39-22-21-36(28-38(39)41-37-11-7-6-10-32(37)20-23-40(41)45)31-14-18-34(19-15-31)43-47-42(48-44(49-43)35-24-26-46-27-25-35)33-16-12-30(13-17-33)29-8-4-3-5-9-29/h3-28H,1-2H3. The second kappa shape index (κ2) is 11.5. The van der Waals surface area contributed by atoms with Crippen LogP contribution in [0.3, 0.4) is 0 Å². The van der Waals surface area contributed by atoms with Gasteiger partial charge in [-0.3, -0.25) is 4.98 Å². The average molecular weight is 629 g/mol. The molecule has 232 valence electrons. The van der Waals surface area contributed by atoms with Crippen LogP contribution in [0.2, 0.25) is 0 Å². The zero-order chi connectivity index (χ0) is 33.0. The fourth-order valence-electron chi connectivity index (χ4n) is 7.22. The number of nitrogens with zero attached hydrogens (tertiary/aromatic N) is 4. The minimum atomic E-state index is -0.0537. The molecule has 4 heteroatoms. The first-order valence-electron chi connectivity index (χ1n) is 16.6. The van der Waals surface area contributed by atoms with Crippen molar-refractivity contribution < 1.29 is 0 Å². The largest absolute Gasteiger partial charge is 0.265 e. The molecule has 0 atom stereocenters. The quantitative estimate of drug-likeness (QED) is 0.190. The molecular formula is C45H32N4. The Labute approximate surface area is 285 Å². The zero-order valence-corrected chi connectivity index (χ0v) is 27.3. The summed E-state index contributed by atoms with van der Waals surface area (Å²) in [5.74, 6) is 1.88. The van der Waals surface area contributed by atoms with Crippen LogP contribution in [-0.4, -0.2) is 19.9 Å². The van der Waals surface area contributed by atoms with E-state index in [0.717, 1.165) is 27.8 Å². The fraction of sp³-hybridized carbons (Fsp3) is 0.0667. The van der Waals surface area contributed by atoms with Crippen molar-refractivity contribution in [3.05, 3.63) is 169 Å². The molecule has 4 nitrogen and oxygen atoms in total. The second-order valence-electron chi connectivity index (χ2n) is 13.2. The summed E-state index contributed by atoms with van der Waals surface area (Å²) in [5, 5.41) is 2.58. The fourth-order valence-corrected chi connectivity index (χ4v) is 7.22. The van der Waals surface area contributed by atoms with E-state index in [1.807, 2.05) is 18.2 Å². The summed E-state index contributed by atoms with van der Waals surface area (Å²) in [4.78, 5) is 19.0. The molecule has 0 unspecified atom stereocenters. The van der Waals surface area contributed by atoms with Crippen molar-refractivity contribution >= 4 is 10.8 Å². The number of hydrogen-bond donors (Lipinski definition) is 0. The van der Waals surface area contributed by atoms with E-state index in [1.165, 1.54) is 44.2 Å². The van der Waals surface area contributed by atoms with Crippen LogP contribution in [0.5, 0.6) is 0 Å². The Kier molecular flexibility index (Phi) is 6.77. The van der Waals surface area contributed by atoms with Crippen molar-refractivity contribution in [2.45, 2.75) is 19.3 Å². The van der Waals surface area contributed by atoms with E-state index in [0.29, 0.717) is 17.5 Å². The third kappa shape index (κ3) is 5.01. The number of pyridine rings is 1. The third-order valence-corrected chi connectivity index (χ3v) is 9.87. The minimum absolute atomic E-state index is 0.0537. The van der Waals surface area contributed by atoms with Crippen molar-refractivity contribution in [3.63, 3.8) is 0 Å². The molecule has 8 aromatic rings. The molecule has 0 saturated carbocycles. The molecule has 6 aromatic carbocycles. The molecule has 0 amide bonds. The molecule has 9 rings (SSSR count). The van der Waals surface area contributed by atoms with Gasteiger partial charge in [-0.1, -0.05) is 141 Å². The number of rotatable bonds is 5. The van der Waals surface area contributed by atoms with E-state index in [1.54, 1.807) is 12.4 Å². The third-order valence-electron chi connectivity index (χ3n) is 9.87. The van der Waals surface area contributed by atoms with Crippen LogP contribution < -0.4 is 0 Å². The van der Waals surface area contributed by atoms with E-state index in [9.17, 15) is 0 Å². The summed E-state index contributed by atoms with van der Waals surface area (Å²) in [6.07, 6.45) is 3.53. The van der Waals surface area contributed by atoms with Crippen molar-refractivity contribution in [1.82, 2.24) is 19.9 Å². The van der Waals surface area contributed by atoms with Crippen LogP contribution in [0, 0.1) is 0 Å². The van der Waals surface area contributed by atoms with E-state index in [4.69, 9.17) is 15.0 Å². The minimum Gasteiger partial charge on any atom is -0.265 e. The lowest BCUT2D eigenvalue weighted by atomic mass is 9.82. The van der Waals surface area contributed by atoms with Crippen LogP contribution in [0.25, 0.3) is 78.3 Å². The highest BCUT2D eigenvalue weighted by Crippen LogP contribution is 2.52. The highest BCUT2D eigenvalue weighted by Gasteiger charge is 2.36. The Morgan fingerprint density at radius 2 is 0.898 bits per heavy atom. The number of aromatic nitrogens is 4. The molecule has 1 aliphatic rings. The van der Waals surface area contributed by atoms with Gasteiger partial charge in [0, 0.05) is 34.5 Å². The van der Waals surface area contributed by atoms with E-state index in [2.05, 4.69) is 146 Å². The molecule has 0 radical (unpaired) electrons. The predicted octanol–water partition coefficient (Wildman–Crippen LogP) is 11.1. The average Bonchev–Trinajstić information content (AvgIpc) is 3.41. The van der Waals surface area contributed by atoms with E-state index >= 15 is 0 Å². The molecule has 49 heavy (non-hydrogen) atoms. The zero-order valence-electron chi connectivity index (χ0n) is 27.3. The molecular weight excluding hydrogens is 597 g/mol. The summed E-state index contributed by atoms with van der Waals surface area (Å²) in [6.45, 7) is 4.67. The maximum Gasteiger partial charge on any atom is 0.164 e. The van der Waals surface area contributed by atoms with Gasteiger partial charge in [0.05, 0.1) is 0 Å². The number of hydrogen-bond acceptors (Lipinski definition) is 4. The Morgan fingerprint density at radius 3 is 1.55 bits per heavy atom. The number of fused-ring (bicyclic) bond motifs is 5.